The van der Waals surface area contributed by atoms with E-state index in [4.69, 9.17) is 5.73 Å². The molecule has 0 aliphatic heterocycles. The molecule has 0 amide bonds. The standard InChI is InChI=1S/C17H22N4O2.Na.H/c18-16-7-6-12(9-19-16)8-14(17(22)23)15-10-21(11-20-15)13-4-2-1-3-5-13;;/h6-7,9-11,13-14H,1-5,8H2,(H2,18,19)(H,22,23);;/t14-;;/m1../s1. The van der Waals surface area contributed by atoms with Gasteiger partial charge in [0.15, 0.2) is 0 Å². The van der Waals surface area contributed by atoms with Crippen LogP contribution in [-0.4, -0.2) is 55.2 Å². The summed E-state index contributed by atoms with van der Waals surface area (Å²) < 4.78 is 2.09. The summed E-state index contributed by atoms with van der Waals surface area (Å²) in [6.07, 6.45) is 11.7. The summed E-state index contributed by atoms with van der Waals surface area (Å²) in [5.74, 6) is -1.09. The van der Waals surface area contributed by atoms with Crippen molar-refractivity contribution in [2.45, 2.75) is 50.5 Å². The fourth-order valence-corrected chi connectivity index (χ4v) is 3.22. The van der Waals surface area contributed by atoms with Gasteiger partial charge < -0.3 is 15.4 Å². The number of carbonyl (C=O) groups is 1. The van der Waals surface area contributed by atoms with Crippen molar-refractivity contribution < 1.29 is 9.90 Å². The van der Waals surface area contributed by atoms with Crippen molar-refractivity contribution in [1.82, 2.24) is 14.5 Å². The molecule has 0 bridgehead atoms. The van der Waals surface area contributed by atoms with E-state index in [9.17, 15) is 9.90 Å². The third-order valence-corrected chi connectivity index (χ3v) is 4.56. The number of aliphatic carboxylic acids is 1. The number of imidazole rings is 1. The normalized spacial score (nSPS) is 16.3. The van der Waals surface area contributed by atoms with Gasteiger partial charge in [-0.1, -0.05) is 25.3 Å². The first-order chi connectivity index (χ1) is 11.1. The van der Waals surface area contributed by atoms with Crippen LogP contribution >= 0.6 is 0 Å². The fourth-order valence-electron chi connectivity index (χ4n) is 3.22. The number of anilines is 1. The Bertz CT molecular complexity index is 665. The number of nitrogens with two attached hydrogens (primary N) is 1. The molecule has 24 heavy (non-hydrogen) atoms. The number of hydrogen-bond donors (Lipinski definition) is 2. The van der Waals surface area contributed by atoms with Crippen LogP contribution in [-0.2, 0) is 11.2 Å². The molecule has 1 aliphatic rings. The number of hydrogen-bond acceptors (Lipinski definition) is 4. The van der Waals surface area contributed by atoms with E-state index in [1.807, 2.05) is 12.3 Å². The van der Waals surface area contributed by atoms with Crippen molar-refractivity contribution in [3.63, 3.8) is 0 Å². The monoisotopic (exact) mass is 338 g/mol. The van der Waals surface area contributed by atoms with Gasteiger partial charge in [0.1, 0.15) is 11.7 Å². The van der Waals surface area contributed by atoms with Crippen LogP contribution in [0.3, 0.4) is 0 Å². The number of rotatable bonds is 5. The van der Waals surface area contributed by atoms with E-state index in [1.54, 1.807) is 18.6 Å². The van der Waals surface area contributed by atoms with Crippen LogP contribution in [0.1, 0.15) is 55.3 Å². The maximum absolute atomic E-state index is 11.7. The van der Waals surface area contributed by atoms with Gasteiger partial charge in [0.05, 0.1) is 12.0 Å². The maximum atomic E-state index is 11.7. The fraction of sp³-hybridized carbons (Fsp3) is 0.471. The summed E-state index contributed by atoms with van der Waals surface area (Å²) in [4.78, 5) is 20.0. The molecule has 0 saturated heterocycles. The van der Waals surface area contributed by atoms with Crippen molar-refractivity contribution >= 4 is 41.3 Å². The molecule has 0 unspecified atom stereocenters. The van der Waals surface area contributed by atoms with Crippen LogP contribution in [0.4, 0.5) is 5.82 Å². The van der Waals surface area contributed by atoms with Crippen LogP contribution in [0.5, 0.6) is 0 Å². The number of nitrogens with zero attached hydrogens (tertiary/aromatic N) is 3. The minimum atomic E-state index is -0.865. The van der Waals surface area contributed by atoms with Crippen molar-refractivity contribution in [3.05, 3.63) is 42.1 Å². The molecule has 2 aromatic heterocycles. The molecule has 1 fully saturated rings. The average molecular weight is 338 g/mol. The van der Waals surface area contributed by atoms with E-state index < -0.39 is 11.9 Å². The van der Waals surface area contributed by atoms with Gasteiger partial charge in [-0.2, -0.15) is 0 Å². The second-order valence-corrected chi connectivity index (χ2v) is 6.22. The van der Waals surface area contributed by atoms with Crippen LogP contribution in [0.15, 0.2) is 30.9 Å². The Morgan fingerprint density at radius 3 is 2.67 bits per heavy atom. The van der Waals surface area contributed by atoms with Crippen LogP contribution in [0.25, 0.3) is 0 Å². The zero-order valence-electron chi connectivity index (χ0n) is 13.1. The molecule has 0 radical (unpaired) electrons. The molecule has 2 heterocycles. The number of nitrogen functional groups attached to an aromatic ring is 1. The van der Waals surface area contributed by atoms with Gasteiger partial charge in [0, 0.05) is 18.4 Å². The first-order valence-electron chi connectivity index (χ1n) is 8.10. The molecule has 6 nitrogen and oxygen atoms in total. The summed E-state index contributed by atoms with van der Waals surface area (Å²) in [5, 5.41) is 9.57. The molecule has 2 aromatic rings. The van der Waals surface area contributed by atoms with Gasteiger partial charge >= 0.3 is 35.5 Å². The molecule has 0 spiro atoms. The molecular formula is C17H23N4NaO2. The Kier molecular flexibility index (Phi) is 6.83. The zero-order valence-corrected chi connectivity index (χ0v) is 13.1. The van der Waals surface area contributed by atoms with Crippen molar-refractivity contribution in [2.24, 2.45) is 0 Å². The Morgan fingerprint density at radius 2 is 2.04 bits per heavy atom. The van der Waals surface area contributed by atoms with E-state index >= 15 is 0 Å². The summed E-state index contributed by atoms with van der Waals surface area (Å²) in [6.45, 7) is 0. The van der Waals surface area contributed by atoms with Crippen LogP contribution in [0.2, 0.25) is 0 Å². The molecule has 0 aromatic carbocycles. The second-order valence-electron chi connectivity index (χ2n) is 6.22. The van der Waals surface area contributed by atoms with Gasteiger partial charge in [-0.05, 0) is 30.9 Å². The van der Waals surface area contributed by atoms with E-state index in [-0.39, 0.29) is 29.6 Å². The van der Waals surface area contributed by atoms with Crippen molar-refractivity contribution in [1.29, 1.82) is 0 Å². The van der Waals surface area contributed by atoms with E-state index in [0.717, 1.165) is 18.4 Å². The Balaban J connectivity index is 0.00000208. The van der Waals surface area contributed by atoms with Gasteiger partial charge in [-0.3, -0.25) is 4.79 Å². The number of carboxylic acids is 1. The summed E-state index contributed by atoms with van der Waals surface area (Å²) in [7, 11) is 0. The summed E-state index contributed by atoms with van der Waals surface area (Å²) in [6, 6.07) is 3.96. The summed E-state index contributed by atoms with van der Waals surface area (Å²) in [5.41, 5.74) is 7.03. The van der Waals surface area contributed by atoms with Gasteiger partial charge in [-0.25, -0.2) is 9.97 Å². The number of carboxylic acid groups (broad SMARTS) is 1. The SMILES string of the molecule is Nc1ccc(C[C@@H](C(=O)O)c2cn(C3CCCCC3)cn2)cn1.[NaH]. The number of pyridine rings is 1. The Labute approximate surface area is 163 Å². The molecule has 3 N–H and O–H groups in total. The minimum absolute atomic E-state index is 0. The third-order valence-electron chi connectivity index (χ3n) is 4.56. The molecule has 7 heteroatoms. The third kappa shape index (κ3) is 4.59. The van der Waals surface area contributed by atoms with Crippen LogP contribution in [0, 0.1) is 0 Å². The van der Waals surface area contributed by atoms with E-state index in [2.05, 4.69) is 14.5 Å². The van der Waals surface area contributed by atoms with Crippen molar-refractivity contribution in [3.8, 4) is 0 Å². The topological polar surface area (TPSA) is 94.0 Å². The average Bonchev–Trinajstić information content (AvgIpc) is 3.04. The molecule has 1 aliphatic carbocycles. The van der Waals surface area contributed by atoms with Gasteiger partial charge in [0.2, 0.25) is 0 Å². The molecular weight excluding hydrogens is 315 g/mol. The predicted molar refractivity (Wildman–Crippen MR) is 94.2 cm³/mol. The van der Waals surface area contributed by atoms with Crippen molar-refractivity contribution in [2.75, 3.05) is 5.73 Å². The summed E-state index contributed by atoms with van der Waals surface area (Å²) >= 11 is 0. The first kappa shape index (κ1) is 19.0. The first-order valence-corrected chi connectivity index (χ1v) is 8.10. The number of aromatic nitrogens is 3. The Morgan fingerprint density at radius 1 is 1.29 bits per heavy atom. The molecule has 124 valence electrons. The molecule has 1 atom stereocenters. The van der Waals surface area contributed by atoms with Gasteiger partial charge in [0.25, 0.3) is 0 Å². The van der Waals surface area contributed by atoms with E-state index in [1.165, 1.54) is 19.3 Å². The zero-order chi connectivity index (χ0) is 16.2. The molecule has 3 rings (SSSR count). The Hall–Kier alpha value is -1.37. The second kappa shape index (κ2) is 8.65. The molecule has 1 saturated carbocycles. The van der Waals surface area contributed by atoms with E-state index in [0.29, 0.717) is 24.0 Å². The predicted octanol–water partition coefficient (Wildman–Crippen LogP) is 2.13. The van der Waals surface area contributed by atoms with Crippen LogP contribution < -0.4 is 5.73 Å². The quantitative estimate of drug-likeness (QED) is 0.815. The van der Waals surface area contributed by atoms with Gasteiger partial charge in [-0.15, -0.1) is 0 Å².